The summed E-state index contributed by atoms with van der Waals surface area (Å²) in [4.78, 5) is 19.1. The molecule has 1 aliphatic carbocycles. The molecule has 0 atom stereocenters. The van der Waals surface area contributed by atoms with Crippen LogP contribution in [-0.4, -0.2) is 17.2 Å². The average molecular weight is 481 g/mol. The number of benzene rings is 3. The van der Waals surface area contributed by atoms with Gasteiger partial charge in [0.05, 0.1) is 16.9 Å². The van der Waals surface area contributed by atoms with Crippen molar-refractivity contribution >= 4 is 45.5 Å². The van der Waals surface area contributed by atoms with Crippen molar-refractivity contribution in [1.82, 2.24) is 0 Å². The van der Waals surface area contributed by atoms with E-state index in [1.807, 2.05) is 60.7 Å². The topological polar surface area (TPSA) is 86.4 Å². The zero-order valence-corrected chi connectivity index (χ0v) is 19.8. The van der Waals surface area contributed by atoms with Gasteiger partial charge in [0, 0.05) is 22.3 Å². The van der Waals surface area contributed by atoms with Crippen molar-refractivity contribution in [3.05, 3.63) is 100 Å². The van der Waals surface area contributed by atoms with Crippen LogP contribution in [0.3, 0.4) is 0 Å². The number of phenols is 1. The second kappa shape index (κ2) is 10.4. The maximum Gasteiger partial charge on any atom is 0.259 e. The molecular weight excluding hydrogens is 456 g/mol. The van der Waals surface area contributed by atoms with Crippen molar-refractivity contribution in [2.24, 2.45) is 15.2 Å². The minimum absolute atomic E-state index is 0.0871. The van der Waals surface area contributed by atoms with Crippen molar-refractivity contribution in [2.45, 2.75) is 25.7 Å². The molecule has 6 nitrogen and oxygen atoms in total. The second-order valence-electron chi connectivity index (χ2n) is 8.25. The molecule has 4 aromatic rings. The molecule has 1 aromatic heterocycles. The lowest BCUT2D eigenvalue weighted by Gasteiger charge is -2.12. The summed E-state index contributed by atoms with van der Waals surface area (Å²) >= 11 is 1.56. The van der Waals surface area contributed by atoms with Crippen LogP contribution in [0, 0.1) is 0 Å². The Bertz CT molecular complexity index is 1400. The van der Waals surface area contributed by atoms with Crippen molar-refractivity contribution in [3.8, 4) is 5.75 Å². The Morgan fingerprint density at radius 1 is 0.886 bits per heavy atom. The second-order valence-corrected chi connectivity index (χ2v) is 9.33. The SMILES string of the molecule is O=C(Nc1ccccc1)c1c(N=Cc2cc(N=Nc3ccccc3)ccc2O)sc2c1CCCC2. The van der Waals surface area contributed by atoms with Crippen molar-refractivity contribution in [3.63, 3.8) is 0 Å². The number of fused-ring (bicyclic) bond motifs is 1. The summed E-state index contributed by atoms with van der Waals surface area (Å²) in [5.74, 6) is -0.0681. The highest BCUT2D eigenvalue weighted by Crippen LogP contribution is 2.40. The zero-order chi connectivity index (χ0) is 24.0. The Hall–Kier alpha value is -4.10. The van der Waals surface area contributed by atoms with Crippen LogP contribution in [-0.2, 0) is 12.8 Å². The van der Waals surface area contributed by atoms with Crippen LogP contribution in [0.5, 0.6) is 5.75 Å². The van der Waals surface area contributed by atoms with Gasteiger partial charge in [-0.2, -0.15) is 10.2 Å². The Kier molecular flexibility index (Phi) is 6.77. The third kappa shape index (κ3) is 5.36. The Morgan fingerprint density at radius 2 is 1.60 bits per heavy atom. The van der Waals surface area contributed by atoms with Gasteiger partial charge in [0.2, 0.25) is 0 Å². The molecule has 0 spiro atoms. The average Bonchev–Trinajstić information content (AvgIpc) is 3.27. The van der Waals surface area contributed by atoms with Gasteiger partial charge in [-0.1, -0.05) is 36.4 Å². The summed E-state index contributed by atoms with van der Waals surface area (Å²) < 4.78 is 0. The fourth-order valence-electron chi connectivity index (χ4n) is 4.04. The van der Waals surface area contributed by atoms with E-state index in [9.17, 15) is 9.90 Å². The van der Waals surface area contributed by atoms with Crippen LogP contribution in [0.25, 0.3) is 0 Å². The van der Waals surface area contributed by atoms with Gasteiger partial charge in [-0.05, 0) is 73.7 Å². The molecule has 7 heteroatoms. The molecule has 5 rings (SSSR count). The van der Waals surface area contributed by atoms with Gasteiger partial charge in [0.1, 0.15) is 10.8 Å². The number of hydrogen-bond donors (Lipinski definition) is 2. The van der Waals surface area contributed by atoms with Crippen molar-refractivity contribution in [1.29, 1.82) is 0 Å². The Morgan fingerprint density at radius 3 is 2.40 bits per heavy atom. The number of anilines is 1. The predicted molar refractivity (Wildman–Crippen MR) is 141 cm³/mol. The first-order valence-corrected chi connectivity index (χ1v) is 12.3. The molecule has 2 N–H and O–H groups in total. The zero-order valence-electron chi connectivity index (χ0n) is 19.0. The lowest BCUT2D eigenvalue weighted by molar-refractivity contribution is 0.102. The monoisotopic (exact) mass is 480 g/mol. The standard InChI is InChI=1S/C28H24N4O2S/c33-24-16-15-22(32-31-21-11-5-2-6-12-21)17-19(24)18-29-28-26(23-13-7-8-14-25(23)35-28)27(34)30-20-9-3-1-4-10-20/h1-6,9-12,15-18,33H,7-8,13-14H2,(H,30,34). The molecule has 174 valence electrons. The quantitative estimate of drug-likeness (QED) is 0.218. The van der Waals surface area contributed by atoms with Crippen LogP contribution in [0.15, 0.2) is 94.1 Å². The van der Waals surface area contributed by atoms with E-state index in [0.717, 1.165) is 42.6 Å². The van der Waals surface area contributed by atoms with Crippen molar-refractivity contribution in [2.75, 3.05) is 5.32 Å². The number of aromatic hydroxyl groups is 1. The highest BCUT2D eigenvalue weighted by Gasteiger charge is 2.25. The van der Waals surface area contributed by atoms with E-state index in [1.165, 1.54) is 4.88 Å². The fourth-order valence-corrected chi connectivity index (χ4v) is 5.27. The largest absolute Gasteiger partial charge is 0.507 e. The highest BCUT2D eigenvalue weighted by atomic mass is 32.1. The third-order valence-electron chi connectivity index (χ3n) is 5.78. The number of para-hydroxylation sites is 1. The summed E-state index contributed by atoms with van der Waals surface area (Å²) in [7, 11) is 0. The first-order valence-electron chi connectivity index (χ1n) is 11.5. The summed E-state index contributed by atoms with van der Waals surface area (Å²) in [5, 5.41) is 22.6. The van der Waals surface area contributed by atoms with E-state index in [2.05, 4.69) is 20.5 Å². The normalized spacial score (nSPS) is 13.3. The summed E-state index contributed by atoms with van der Waals surface area (Å²) in [6.07, 6.45) is 5.61. The van der Waals surface area contributed by atoms with Crippen LogP contribution in [0.4, 0.5) is 22.1 Å². The minimum Gasteiger partial charge on any atom is -0.507 e. The molecule has 1 amide bonds. The van der Waals surface area contributed by atoms with Gasteiger partial charge in [-0.3, -0.25) is 4.79 Å². The number of thiophene rings is 1. The van der Waals surface area contributed by atoms with Crippen LogP contribution < -0.4 is 5.32 Å². The molecule has 0 saturated heterocycles. The molecule has 0 radical (unpaired) electrons. The number of nitrogens with one attached hydrogen (secondary N) is 1. The number of azo groups is 1. The van der Waals surface area contributed by atoms with E-state index >= 15 is 0 Å². The van der Waals surface area contributed by atoms with Gasteiger partial charge >= 0.3 is 0 Å². The maximum atomic E-state index is 13.3. The summed E-state index contributed by atoms with van der Waals surface area (Å²) in [6.45, 7) is 0. The molecule has 0 unspecified atom stereocenters. The van der Waals surface area contributed by atoms with Gasteiger partial charge in [0.25, 0.3) is 5.91 Å². The maximum absolute atomic E-state index is 13.3. The molecule has 35 heavy (non-hydrogen) atoms. The number of hydrogen-bond acceptors (Lipinski definition) is 6. The van der Waals surface area contributed by atoms with Crippen LogP contribution >= 0.6 is 11.3 Å². The molecule has 3 aromatic carbocycles. The van der Waals surface area contributed by atoms with E-state index in [-0.39, 0.29) is 11.7 Å². The van der Waals surface area contributed by atoms with E-state index in [0.29, 0.717) is 21.8 Å². The van der Waals surface area contributed by atoms with Gasteiger partial charge in [0.15, 0.2) is 0 Å². The van der Waals surface area contributed by atoms with Crippen molar-refractivity contribution < 1.29 is 9.90 Å². The van der Waals surface area contributed by atoms with E-state index < -0.39 is 0 Å². The molecule has 1 heterocycles. The molecule has 0 aliphatic heterocycles. The summed E-state index contributed by atoms with van der Waals surface area (Å²) in [6, 6.07) is 23.9. The molecule has 0 bridgehead atoms. The number of phenolic OH excluding ortho intramolecular Hbond substituents is 1. The first-order chi connectivity index (χ1) is 17.2. The smallest absolute Gasteiger partial charge is 0.259 e. The van der Waals surface area contributed by atoms with Gasteiger partial charge < -0.3 is 10.4 Å². The van der Waals surface area contributed by atoms with Gasteiger partial charge in [-0.15, -0.1) is 11.3 Å². The molecular formula is C28H24N4O2S. The number of rotatable bonds is 6. The van der Waals surface area contributed by atoms with E-state index in [4.69, 9.17) is 0 Å². The lowest BCUT2D eigenvalue weighted by Crippen LogP contribution is -2.14. The Labute approximate surface area is 207 Å². The number of aliphatic imine (C=N–C) groups is 1. The lowest BCUT2D eigenvalue weighted by atomic mass is 9.95. The molecule has 1 aliphatic rings. The van der Waals surface area contributed by atoms with Gasteiger partial charge in [-0.25, -0.2) is 4.99 Å². The number of nitrogens with zero attached hydrogens (tertiary/aromatic N) is 3. The number of carbonyl (C=O) groups excluding carboxylic acids is 1. The fraction of sp³-hybridized carbons (Fsp3) is 0.143. The highest BCUT2D eigenvalue weighted by molar-refractivity contribution is 7.16. The third-order valence-corrected chi connectivity index (χ3v) is 6.98. The van der Waals surface area contributed by atoms with E-state index in [1.54, 1.807) is 35.8 Å². The Balaban J connectivity index is 1.44. The summed E-state index contributed by atoms with van der Waals surface area (Å²) in [5.41, 5.74) is 4.32. The number of carbonyl (C=O) groups is 1. The molecule has 0 saturated carbocycles. The first kappa shape index (κ1) is 22.7. The van der Waals surface area contributed by atoms with Crippen LogP contribution in [0.2, 0.25) is 0 Å². The number of aryl methyl sites for hydroxylation is 1. The number of amides is 1. The minimum atomic E-state index is -0.155. The molecule has 0 fully saturated rings. The predicted octanol–water partition coefficient (Wildman–Crippen LogP) is 7.75. The van der Waals surface area contributed by atoms with Crippen LogP contribution in [0.1, 0.15) is 39.2 Å².